The molecule has 2 rings (SSSR count). The van der Waals surface area contributed by atoms with Crippen molar-refractivity contribution in [1.29, 1.82) is 0 Å². The van der Waals surface area contributed by atoms with Gasteiger partial charge in [-0.25, -0.2) is 0 Å². The quantitative estimate of drug-likeness (QED) is 0.0595. The summed E-state index contributed by atoms with van der Waals surface area (Å²) in [4.78, 5) is 1.07. The van der Waals surface area contributed by atoms with Crippen LogP contribution in [-0.4, -0.2) is 132 Å². The lowest BCUT2D eigenvalue weighted by atomic mass is 10.4. The standard InChI is InChI=1S/C21H37BrO6S.C20H36O6S/c1-4-6-8-23-10-12-25-14-16-27-19-18(3)29-21(22)20(19)28-17-15-26-13-11-24-9-7-5-2;1-3-5-7-21-9-11-23-13-15-25-19-17-27-18-20(19)26-16-14-24-12-10-22-8-6-4-2/h4-17H2,1-3H3;17-18H,3-16H2,1-2H3. The number of halogens is 1. The number of thiophene rings is 2. The molecule has 0 saturated heterocycles. The molecule has 0 aromatic carbocycles. The van der Waals surface area contributed by atoms with Crippen LogP contribution in [0, 0.1) is 6.92 Å². The van der Waals surface area contributed by atoms with Gasteiger partial charge in [-0.2, -0.15) is 0 Å². The molecule has 0 spiro atoms. The first-order valence-electron chi connectivity index (χ1n) is 20.6. The van der Waals surface area contributed by atoms with Crippen LogP contribution in [0.3, 0.4) is 0 Å². The van der Waals surface area contributed by atoms with Crippen molar-refractivity contribution in [1.82, 2.24) is 0 Å². The van der Waals surface area contributed by atoms with E-state index in [0.717, 1.165) is 109 Å². The zero-order chi connectivity index (χ0) is 40.6. The molecule has 2 aromatic heterocycles. The van der Waals surface area contributed by atoms with Gasteiger partial charge >= 0.3 is 0 Å². The molecule has 15 heteroatoms. The van der Waals surface area contributed by atoms with Crippen LogP contribution in [0.1, 0.15) is 83.9 Å². The maximum atomic E-state index is 5.90. The molecular formula is C41H73BrO12S2. The van der Waals surface area contributed by atoms with Crippen molar-refractivity contribution in [3.8, 4) is 23.0 Å². The average Bonchev–Trinajstić information content (AvgIpc) is 3.76. The molecule has 56 heavy (non-hydrogen) atoms. The fourth-order valence-electron chi connectivity index (χ4n) is 4.35. The fourth-order valence-corrected chi connectivity index (χ4v) is 6.81. The first-order chi connectivity index (χ1) is 27.6. The van der Waals surface area contributed by atoms with E-state index in [-0.39, 0.29) is 0 Å². The van der Waals surface area contributed by atoms with Crippen LogP contribution < -0.4 is 18.9 Å². The highest BCUT2D eigenvalue weighted by molar-refractivity contribution is 9.11. The average molecular weight is 902 g/mol. The maximum Gasteiger partial charge on any atom is 0.186 e. The SMILES string of the molecule is CCCCOCCOCCOc1c(C)sc(Br)c1OCCOCCOCCCC.CCCCOCCOCCOc1cscc1OCCOCCOCCCC. The smallest absolute Gasteiger partial charge is 0.186 e. The molecule has 0 N–H and O–H groups in total. The van der Waals surface area contributed by atoms with Crippen molar-refractivity contribution >= 4 is 38.6 Å². The molecule has 2 aromatic rings. The van der Waals surface area contributed by atoms with Crippen molar-refractivity contribution in [3.05, 3.63) is 19.4 Å². The summed E-state index contributed by atoms with van der Waals surface area (Å²) in [6.45, 7) is 22.7. The fraction of sp³-hybridized carbons (Fsp3) is 0.805. The molecule has 0 radical (unpaired) electrons. The van der Waals surface area contributed by atoms with Crippen LogP contribution in [-0.2, 0) is 37.9 Å². The van der Waals surface area contributed by atoms with E-state index < -0.39 is 0 Å². The number of ether oxygens (including phenoxy) is 12. The largest absolute Gasteiger partial charge is 0.486 e. The molecule has 0 saturated carbocycles. The predicted octanol–water partition coefficient (Wildman–Crippen LogP) is 9.42. The summed E-state index contributed by atoms with van der Waals surface area (Å²) in [5, 5.41) is 3.87. The zero-order valence-electron chi connectivity index (χ0n) is 35.0. The molecule has 12 nitrogen and oxygen atoms in total. The van der Waals surface area contributed by atoms with Gasteiger partial charge in [-0.05, 0) is 48.5 Å². The summed E-state index contributed by atoms with van der Waals surface area (Å²) >= 11 is 6.71. The predicted molar refractivity (Wildman–Crippen MR) is 229 cm³/mol. The second kappa shape index (κ2) is 40.5. The van der Waals surface area contributed by atoms with Gasteiger partial charge in [0.25, 0.3) is 0 Å². The summed E-state index contributed by atoms with van der Waals surface area (Å²) in [7, 11) is 0. The van der Waals surface area contributed by atoms with Crippen molar-refractivity contribution < 1.29 is 56.8 Å². The minimum absolute atomic E-state index is 0.464. The molecule has 0 unspecified atom stereocenters. The molecule has 0 atom stereocenters. The zero-order valence-corrected chi connectivity index (χ0v) is 38.3. The van der Waals surface area contributed by atoms with E-state index >= 15 is 0 Å². The second-order valence-corrected chi connectivity index (χ2v) is 15.7. The Morgan fingerprint density at radius 3 is 1.02 bits per heavy atom. The molecular weight excluding hydrogens is 828 g/mol. The van der Waals surface area contributed by atoms with Crippen molar-refractivity contribution in [2.75, 3.05) is 132 Å². The van der Waals surface area contributed by atoms with Gasteiger partial charge in [-0.3, -0.25) is 0 Å². The van der Waals surface area contributed by atoms with E-state index in [4.69, 9.17) is 56.8 Å². The van der Waals surface area contributed by atoms with E-state index in [0.29, 0.717) is 106 Å². The molecule has 0 amide bonds. The summed E-state index contributed by atoms with van der Waals surface area (Å²) < 4.78 is 68.0. The summed E-state index contributed by atoms with van der Waals surface area (Å²) in [5.41, 5.74) is 0. The van der Waals surface area contributed by atoms with Gasteiger partial charge in [0, 0.05) is 42.1 Å². The van der Waals surface area contributed by atoms with E-state index in [1.165, 1.54) is 0 Å². The summed E-state index contributed by atoms with van der Waals surface area (Å²) in [6, 6.07) is 0. The van der Waals surface area contributed by atoms with Gasteiger partial charge in [0.2, 0.25) is 0 Å². The van der Waals surface area contributed by atoms with Crippen LogP contribution >= 0.6 is 38.6 Å². The minimum atomic E-state index is 0.464. The van der Waals surface area contributed by atoms with E-state index in [1.54, 1.807) is 22.7 Å². The maximum absolute atomic E-state index is 5.90. The Labute approximate surface area is 354 Å². The Morgan fingerprint density at radius 1 is 0.393 bits per heavy atom. The monoisotopic (exact) mass is 900 g/mol. The minimum Gasteiger partial charge on any atom is -0.486 e. The first kappa shape index (κ1) is 52.8. The number of hydrogen-bond donors (Lipinski definition) is 0. The van der Waals surface area contributed by atoms with Crippen LogP contribution in [0.2, 0.25) is 0 Å². The molecule has 2 heterocycles. The summed E-state index contributed by atoms with van der Waals surface area (Å²) in [6.07, 6.45) is 8.98. The topological polar surface area (TPSA) is 111 Å². The Hall–Kier alpha value is -1.24. The number of aryl methyl sites for hydroxylation is 1. The van der Waals surface area contributed by atoms with Crippen LogP contribution in [0.4, 0.5) is 0 Å². The lowest BCUT2D eigenvalue weighted by Crippen LogP contribution is -2.13. The molecule has 0 bridgehead atoms. The van der Waals surface area contributed by atoms with Gasteiger partial charge < -0.3 is 56.8 Å². The number of hydrogen-bond acceptors (Lipinski definition) is 14. The van der Waals surface area contributed by atoms with Gasteiger partial charge in [0.1, 0.15) is 30.2 Å². The van der Waals surface area contributed by atoms with E-state index in [1.807, 2.05) is 17.7 Å². The Kier molecular flexibility index (Phi) is 38.2. The van der Waals surface area contributed by atoms with Crippen molar-refractivity contribution in [2.24, 2.45) is 0 Å². The molecule has 0 aliphatic carbocycles. The highest BCUT2D eigenvalue weighted by atomic mass is 79.9. The lowest BCUT2D eigenvalue weighted by Gasteiger charge is -2.11. The van der Waals surface area contributed by atoms with E-state index in [2.05, 4.69) is 43.6 Å². The Balaban J connectivity index is 0.000000561. The Bertz CT molecular complexity index is 1030. The summed E-state index contributed by atoms with van der Waals surface area (Å²) in [5.74, 6) is 3.02. The molecule has 0 aliphatic heterocycles. The van der Waals surface area contributed by atoms with Crippen LogP contribution in [0.25, 0.3) is 0 Å². The highest BCUT2D eigenvalue weighted by Gasteiger charge is 2.17. The second-order valence-electron chi connectivity index (χ2n) is 12.4. The van der Waals surface area contributed by atoms with Gasteiger partial charge in [-0.1, -0.05) is 53.4 Å². The van der Waals surface area contributed by atoms with E-state index in [9.17, 15) is 0 Å². The molecule has 0 fully saturated rings. The highest BCUT2D eigenvalue weighted by Crippen LogP contribution is 2.45. The van der Waals surface area contributed by atoms with Crippen LogP contribution in [0.15, 0.2) is 14.5 Å². The molecule has 328 valence electrons. The lowest BCUT2D eigenvalue weighted by molar-refractivity contribution is 0.0324. The normalized spacial score (nSPS) is 11.1. The van der Waals surface area contributed by atoms with Gasteiger partial charge in [0.15, 0.2) is 23.0 Å². The van der Waals surface area contributed by atoms with Crippen molar-refractivity contribution in [2.45, 2.75) is 86.0 Å². The van der Waals surface area contributed by atoms with Gasteiger partial charge in [-0.15, -0.1) is 22.7 Å². The third-order valence-corrected chi connectivity index (χ3v) is 9.92. The number of unbranched alkanes of at least 4 members (excludes halogenated alkanes) is 4. The van der Waals surface area contributed by atoms with Gasteiger partial charge in [0.05, 0.1) is 79.3 Å². The number of rotatable bonds is 40. The van der Waals surface area contributed by atoms with Crippen molar-refractivity contribution in [3.63, 3.8) is 0 Å². The first-order valence-corrected chi connectivity index (χ1v) is 23.1. The van der Waals surface area contributed by atoms with Crippen LogP contribution in [0.5, 0.6) is 23.0 Å². The Morgan fingerprint density at radius 2 is 0.679 bits per heavy atom. The third-order valence-electron chi connectivity index (χ3n) is 7.52. The molecule has 0 aliphatic rings. The third kappa shape index (κ3) is 29.9.